The van der Waals surface area contributed by atoms with Crippen LogP contribution in [0.1, 0.15) is 44.1 Å². The van der Waals surface area contributed by atoms with Crippen molar-refractivity contribution in [3.8, 4) is 17.6 Å². The highest BCUT2D eigenvalue weighted by atomic mass is 16.5. The highest BCUT2D eigenvalue weighted by Crippen LogP contribution is 2.28. The molecule has 1 saturated carbocycles. The predicted octanol–water partition coefficient (Wildman–Crippen LogP) is 2.99. The molecule has 0 atom stereocenters. The van der Waals surface area contributed by atoms with Gasteiger partial charge >= 0.3 is 5.97 Å². The molecule has 0 heterocycles. The molecule has 2 rings (SSSR count). The van der Waals surface area contributed by atoms with Gasteiger partial charge in [0.05, 0.1) is 7.11 Å². The Kier molecular flexibility index (Phi) is 8.86. The maximum absolute atomic E-state index is 11.9. The van der Waals surface area contributed by atoms with Crippen molar-refractivity contribution >= 4 is 18.0 Å². The van der Waals surface area contributed by atoms with Crippen LogP contribution in [-0.4, -0.2) is 38.2 Å². The van der Waals surface area contributed by atoms with Crippen molar-refractivity contribution < 1.29 is 23.8 Å². The summed E-state index contributed by atoms with van der Waals surface area (Å²) < 4.78 is 15.5. The maximum Gasteiger partial charge on any atom is 0.331 e. The van der Waals surface area contributed by atoms with E-state index in [0.29, 0.717) is 17.1 Å². The number of benzene rings is 1. The van der Waals surface area contributed by atoms with Gasteiger partial charge in [-0.15, -0.1) is 0 Å². The molecule has 1 fully saturated rings. The van der Waals surface area contributed by atoms with Crippen LogP contribution in [0, 0.1) is 11.3 Å². The molecule has 1 amide bonds. The molecule has 0 aromatic heterocycles. The third-order valence-electron chi connectivity index (χ3n) is 4.46. The van der Waals surface area contributed by atoms with Crippen LogP contribution in [0.15, 0.2) is 24.3 Å². The second kappa shape index (κ2) is 11.7. The average molecular weight is 386 g/mol. The molecule has 1 aliphatic carbocycles. The minimum absolute atomic E-state index is 0.0825. The first-order chi connectivity index (χ1) is 13.6. The molecule has 7 nitrogen and oxygen atoms in total. The second-order valence-corrected chi connectivity index (χ2v) is 6.55. The first-order valence-electron chi connectivity index (χ1n) is 9.44. The molecule has 0 bridgehead atoms. The summed E-state index contributed by atoms with van der Waals surface area (Å²) in [6.45, 7) is -0.370. The number of nitriles is 1. The Labute approximate surface area is 165 Å². The summed E-state index contributed by atoms with van der Waals surface area (Å²) in [5, 5.41) is 11.5. The zero-order valence-electron chi connectivity index (χ0n) is 16.1. The summed E-state index contributed by atoms with van der Waals surface area (Å²) in [5.74, 6) is 0.0293. The van der Waals surface area contributed by atoms with Crippen molar-refractivity contribution in [3.05, 3.63) is 29.8 Å². The summed E-state index contributed by atoms with van der Waals surface area (Å²) in [6, 6.07) is 7.12. The fraction of sp³-hybridized carbons (Fsp3) is 0.476. The van der Waals surface area contributed by atoms with E-state index in [0.717, 1.165) is 25.7 Å². The largest absolute Gasteiger partial charge is 0.493 e. The van der Waals surface area contributed by atoms with Gasteiger partial charge in [0, 0.05) is 12.1 Å². The van der Waals surface area contributed by atoms with Crippen molar-refractivity contribution in [1.29, 1.82) is 5.26 Å². The van der Waals surface area contributed by atoms with Gasteiger partial charge in [-0.2, -0.15) is 5.26 Å². The number of carbonyl (C=O) groups is 2. The Morgan fingerprint density at radius 3 is 2.64 bits per heavy atom. The number of rotatable bonds is 8. The Morgan fingerprint density at radius 1 is 1.21 bits per heavy atom. The van der Waals surface area contributed by atoms with Crippen LogP contribution in [0.3, 0.4) is 0 Å². The Hall–Kier alpha value is -3.01. The first-order valence-corrected chi connectivity index (χ1v) is 9.44. The first kappa shape index (κ1) is 21.3. The van der Waals surface area contributed by atoms with Gasteiger partial charge in [-0.1, -0.05) is 31.7 Å². The van der Waals surface area contributed by atoms with Crippen molar-refractivity contribution in [2.24, 2.45) is 0 Å². The molecule has 0 saturated heterocycles. The standard InChI is InChI=1S/C21H26N2O5/c1-26-19-14-16(8-10-18(19)27-13-12-22)9-11-21(25)28-15-20(24)23-17-6-4-2-3-5-7-17/h8-11,14,17H,2-7,13,15H2,1H3,(H,23,24). The number of nitrogens with zero attached hydrogens (tertiary/aromatic N) is 1. The van der Waals surface area contributed by atoms with Gasteiger partial charge in [0.1, 0.15) is 6.07 Å². The monoisotopic (exact) mass is 386 g/mol. The van der Waals surface area contributed by atoms with Gasteiger partial charge < -0.3 is 19.5 Å². The molecule has 0 unspecified atom stereocenters. The van der Waals surface area contributed by atoms with E-state index in [1.807, 2.05) is 6.07 Å². The van der Waals surface area contributed by atoms with Crippen molar-refractivity contribution in [1.82, 2.24) is 5.32 Å². The van der Waals surface area contributed by atoms with Crippen molar-refractivity contribution in [2.45, 2.75) is 44.6 Å². The summed E-state index contributed by atoms with van der Waals surface area (Å²) in [6.07, 6.45) is 9.44. The Balaban J connectivity index is 1.80. The van der Waals surface area contributed by atoms with E-state index in [1.54, 1.807) is 24.3 Å². The molecular formula is C21H26N2O5. The molecule has 1 N–H and O–H groups in total. The van der Waals surface area contributed by atoms with Crippen LogP contribution in [0.5, 0.6) is 11.5 Å². The van der Waals surface area contributed by atoms with Crippen LogP contribution in [0.2, 0.25) is 0 Å². The van der Waals surface area contributed by atoms with Crippen molar-refractivity contribution in [2.75, 3.05) is 20.3 Å². The molecule has 7 heteroatoms. The summed E-state index contributed by atoms with van der Waals surface area (Å²) in [4.78, 5) is 23.8. The second-order valence-electron chi connectivity index (χ2n) is 6.55. The topological polar surface area (TPSA) is 97.7 Å². The molecule has 0 aliphatic heterocycles. The number of hydrogen-bond donors (Lipinski definition) is 1. The summed E-state index contributed by atoms with van der Waals surface area (Å²) >= 11 is 0. The van der Waals surface area contributed by atoms with Gasteiger partial charge in [-0.3, -0.25) is 4.79 Å². The number of carbonyl (C=O) groups excluding carboxylic acids is 2. The summed E-state index contributed by atoms with van der Waals surface area (Å²) in [7, 11) is 1.49. The van der Waals surface area contributed by atoms with Crippen LogP contribution in [-0.2, 0) is 14.3 Å². The minimum atomic E-state index is -0.597. The average Bonchev–Trinajstić information content (AvgIpc) is 2.98. The van der Waals surface area contributed by atoms with Gasteiger partial charge in [0.25, 0.3) is 5.91 Å². The highest BCUT2D eigenvalue weighted by Gasteiger charge is 2.15. The number of nitrogens with one attached hydrogen (secondary N) is 1. The molecule has 1 aliphatic rings. The van der Waals surface area contributed by atoms with Crippen molar-refractivity contribution in [3.63, 3.8) is 0 Å². The van der Waals surface area contributed by atoms with Gasteiger partial charge in [-0.05, 0) is 36.6 Å². The number of hydrogen-bond acceptors (Lipinski definition) is 6. The molecule has 0 spiro atoms. The molecule has 0 radical (unpaired) electrons. The van der Waals surface area contributed by atoms with Crippen LogP contribution in [0.25, 0.3) is 6.08 Å². The third-order valence-corrected chi connectivity index (χ3v) is 4.46. The number of amides is 1. The fourth-order valence-electron chi connectivity index (χ4n) is 3.06. The van der Waals surface area contributed by atoms with Crippen LogP contribution < -0.4 is 14.8 Å². The fourth-order valence-corrected chi connectivity index (χ4v) is 3.06. The SMILES string of the molecule is COc1cc(C=CC(=O)OCC(=O)NC2CCCCCC2)ccc1OCC#N. The molecule has 28 heavy (non-hydrogen) atoms. The van der Waals surface area contributed by atoms with E-state index in [9.17, 15) is 9.59 Å². The lowest BCUT2D eigenvalue weighted by Crippen LogP contribution is -2.37. The van der Waals surface area contributed by atoms with Crippen LogP contribution >= 0.6 is 0 Å². The normalized spacial score (nSPS) is 14.7. The van der Waals surface area contributed by atoms with E-state index in [4.69, 9.17) is 19.5 Å². The van der Waals surface area contributed by atoms with Gasteiger partial charge in [0.15, 0.2) is 24.7 Å². The predicted molar refractivity (Wildman–Crippen MR) is 104 cm³/mol. The molecular weight excluding hydrogens is 360 g/mol. The number of methoxy groups -OCH3 is 1. The van der Waals surface area contributed by atoms with E-state index in [1.165, 1.54) is 26.0 Å². The maximum atomic E-state index is 11.9. The van der Waals surface area contributed by atoms with E-state index in [-0.39, 0.29) is 25.2 Å². The third kappa shape index (κ3) is 7.31. The quantitative estimate of drug-likeness (QED) is 0.419. The lowest BCUT2D eigenvalue weighted by molar-refractivity contribution is -0.144. The lowest BCUT2D eigenvalue weighted by Gasteiger charge is -2.15. The molecule has 1 aromatic carbocycles. The zero-order valence-corrected chi connectivity index (χ0v) is 16.1. The molecule has 150 valence electrons. The highest BCUT2D eigenvalue weighted by molar-refractivity contribution is 5.89. The number of esters is 1. The van der Waals surface area contributed by atoms with E-state index < -0.39 is 5.97 Å². The Morgan fingerprint density at radius 2 is 1.96 bits per heavy atom. The zero-order chi connectivity index (χ0) is 20.2. The summed E-state index contributed by atoms with van der Waals surface area (Å²) in [5.41, 5.74) is 0.695. The van der Waals surface area contributed by atoms with Crippen LogP contribution in [0.4, 0.5) is 0 Å². The van der Waals surface area contributed by atoms with E-state index >= 15 is 0 Å². The van der Waals surface area contributed by atoms with Gasteiger partial charge in [-0.25, -0.2) is 4.79 Å². The number of ether oxygens (including phenoxy) is 3. The minimum Gasteiger partial charge on any atom is -0.493 e. The smallest absolute Gasteiger partial charge is 0.331 e. The van der Waals surface area contributed by atoms with E-state index in [2.05, 4.69) is 5.32 Å². The molecule has 1 aromatic rings. The lowest BCUT2D eigenvalue weighted by atomic mass is 10.1. The van der Waals surface area contributed by atoms with Gasteiger partial charge in [0.2, 0.25) is 0 Å². The Bertz CT molecular complexity index is 731.